The normalized spacial score (nSPS) is 16.5. The molecule has 0 aromatic heterocycles. The summed E-state index contributed by atoms with van der Waals surface area (Å²) in [5.41, 5.74) is 1.43. The van der Waals surface area contributed by atoms with Crippen molar-refractivity contribution >= 4 is 17.7 Å². The number of amides is 1. The van der Waals surface area contributed by atoms with Gasteiger partial charge in [0, 0.05) is 11.6 Å². The van der Waals surface area contributed by atoms with Crippen molar-refractivity contribution < 1.29 is 24.4 Å². The van der Waals surface area contributed by atoms with E-state index in [0.717, 1.165) is 11.1 Å². The topological polar surface area (TPSA) is 68.2 Å². The Hall–Kier alpha value is -2.28. The summed E-state index contributed by atoms with van der Waals surface area (Å²) >= 11 is 6.00. The summed E-state index contributed by atoms with van der Waals surface area (Å²) in [5, 5.41) is 9.56. The largest absolute Gasteiger partial charge is 0.457 e. The fraction of sp³-hybridized carbons (Fsp3) is 0.381. The standard InChI is InChI=1S/C21H24ClNO5/c1-21(2,3)28-20(24)23-12-14-7-8-19(10-15(14)9-17(23)13-26-25)27-18-6-4-5-16(22)11-18/h4-8,10-11,17,25H,9,12-13H2,1-3H3. The molecule has 1 unspecified atom stereocenters. The lowest BCUT2D eigenvalue weighted by Gasteiger charge is -2.37. The van der Waals surface area contributed by atoms with Gasteiger partial charge in [-0.15, -0.1) is 0 Å². The Labute approximate surface area is 169 Å². The van der Waals surface area contributed by atoms with Crippen LogP contribution in [0.25, 0.3) is 0 Å². The van der Waals surface area contributed by atoms with E-state index in [1.165, 1.54) is 0 Å². The van der Waals surface area contributed by atoms with E-state index in [2.05, 4.69) is 4.89 Å². The molecule has 7 heteroatoms. The first-order valence-corrected chi connectivity index (χ1v) is 9.44. The first-order chi connectivity index (χ1) is 13.2. The second-order valence-electron chi connectivity index (χ2n) is 7.75. The van der Waals surface area contributed by atoms with Gasteiger partial charge in [0.05, 0.1) is 6.04 Å². The van der Waals surface area contributed by atoms with Gasteiger partial charge in [0.1, 0.15) is 23.7 Å². The van der Waals surface area contributed by atoms with Crippen molar-refractivity contribution in [3.05, 3.63) is 58.6 Å². The van der Waals surface area contributed by atoms with E-state index in [1.807, 2.05) is 51.1 Å². The summed E-state index contributed by atoms with van der Waals surface area (Å²) in [6.07, 6.45) is 0.0847. The molecule has 150 valence electrons. The van der Waals surface area contributed by atoms with Crippen LogP contribution in [-0.2, 0) is 22.6 Å². The number of rotatable bonds is 4. The number of carbonyl (C=O) groups is 1. The summed E-state index contributed by atoms with van der Waals surface area (Å²) in [4.78, 5) is 18.5. The van der Waals surface area contributed by atoms with Crippen LogP contribution in [0.1, 0.15) is 31.9 Å². The number of fused-ring (bicyclic) bond motifs is 1. The molecule has 0 bridgehead atoms. The summed E-state index contributed by atoms with van der Waals surface area (Å²) in [6.45, 7) is 5.83. The molecule has 0 fully saturated rings. The third kappa shape index (κ3) is 5.16. The Morgan fingerprint density at radius 2 is 1.93 bits per heavy atom. The molecule has 0 saturated heterocycles. The number of nitrogens with zero attached hydrogens (tertiary/aromatic N) is 1. The molecule has 0 spiro atoms. The molecular formula is C21H24ClNO5. The van der Waals surface area contributed by atoms with Gasteiger partial charge in [0.2, 0.25) is 0 Å². The van der Waals surface area contributed by atoms with E-state index in [4.69, 9.17) is 26.3 Å². The van der Waals surface area contributed by atoms with E-state index in [1.54, 1.807) is 17.0 Å². The molecule has 2 aromatic rings. The van der Waals surface area contributed by atoms with Gasteiger partial charge in [-0.1, -0.05) is 23.7 Å². The molecule has 1 heterocycles. The number of benzene rings is 2. The Morgan fingerprint density at radius 3 is 2.61 bits per heavy atom. The molecule has 2 aromatic carbocycles. The zero-order chi connectivity index (χ0) is 20.3. The molecule has 1 aliphatic rings. The lowest BCUT2D eigenvalue weighted by molar-refractivity contribution is -0.251. The van der Waals surface area contributed by atoms with Crippen LogP contribution < -0.4 is 4.74 Å². The smallest absolute Gasteiger partial charge is 0.410 e. The zero-order valence-corrected chi connectivity index (χ0v) is 16.9. The van der Waals surface area contributed by atoms with E-state index >= 15 is 0 Å². The van der Waals surface area contributed by atoms with Crippen molar-refractivity contribution in [1.29, 1.82) is 0 Å². The molecule has 1 atom stereocenters. The minimum absolute atomic E-state index is 0.00192. The maximum atomic E-state index is 12.6. The number of carbonyl (C=O) groups excluding carboxylic acids is 1. The minimum Gasteiger partial charge on any atom is -0.457 e. The van der Waals surface area contributed by atoms with Crippen LogP contribution in [0.15, 0.2) is 42.5 Å². The van der Waals surface area contributed by atoms with E-state index in [0.29, 0.717) is 29.5 Å². The third-order valence-corrected chi connectivity index (χ3v) is 4.58. The summed E-state index contributed by atoms with van der Waals surface area (Å²) < 4.78 is 11.4. The predicted molar refractivity (Wildman–Crippen MR) is 106 cm³/mol. The highest BCUT2D eigenvalue weighted by Crippen LogP contribution is 2.31. The van der Waals surface area contributed by atoms with Gasteiger partial charge in [-0.2, -0.15) is 0 Å². The number of ether oxygens (including phenoxy) is 2. The zero-order valence-electron chi connectivity index (χ0n) is 16.1. The molecule has 0 saturated carbocycles. The van der Waals surface area contributed by atoms with Gasteiger partial charge >= 0.3 is 6.09 Å². The Kier molecular flexibility index (Phi) is 6.13. The molecule has 0 aliphatic carbocycles. The molecule has 1 aliphatic heterocycles. The quantitative estimate of drug-likeness (QED) is 0.553. The minimum atomic E-state index is -0.601. The fourth-order valence-electron chi connectivity index (χ4n) is 3.12. The van der Waals surface area contributed by atoms with Gasteiger partial charge in [-0.25, -0.2) is 9.68 Å². The van der Waals surface area contributed by atoms with E-state index in [-0.39, 0.29) is 12.6 Å². The lowest BCUT2D eigenvalue weighted by atomic mass is 9.94. The van der Waals surface area contributed by atoms with Crippen LogP contribution in [0.5, 0.6) is 11.5 Å². The Bertz CT molecular complexity index is 849. The maximum absolute atomic E-state index is 12.6. The summed E-state index contributed by atoms with van der Waals surface area (Å²) in [5.74, 6) is 1.32. The molecular weight excluding hydrogens is 382 g/mol. The highest BCUT2D eigenvalue weighted by atomic mass is 35.5. The van der Waals surface area contributed by atoms with Crippen molar-refractivity contribution in [3.8, 4) is 11.5 Å². The Morgan fingerprint density at radius 1 is 1.18 bits per heavy atom. The van der Waals surface area contributed by atoms with Gasteiger partial charge < -0.3 is 9.47 Å². The third-order valence-electron chi connectivity index (χ3n) is 4.34. The van der Waals surface area contributed by atoms with Gasteiger partial charge in [-0.05, 0) is 68.7 Å². The van der Waals surface area contributed by atoms with E-state index < -0.39 is 11.7 Å². The van der Waals surface area contributed by atoms with E-state index in [9.17, 15) is 4.79 Å². The Balaban J connectivity index is 1.80. The number of halogens is 1. The first-order valence-electron chi connectivity index (χ1n) is 9.06. The van der Waals surface area contributed by atoms with Crippen molar-refractivity contribution in [1.82, 2.24) is 4.90 Å². The molecule has 6 nitrogen and oxygen atoms in total. The highest BCUT2D eigenvalue weighted by molar-refractivity contribution is 6.30. The van der Waals surface area contributed by atoms with Crippen LogP contribution in [0.4, 0.5) is 4.79 Å². The fourth-order valence-corrected chi connectivity index (χ4v) is 3.30. The van der Waals surface area contributed by atoms with Gasteiger partial charge in [0.25, 0.3) is 0 Å². The monoisotopic (exact) mass is 405 g/mol. The van der Waals surface area contributed by atoms with Crippen LogP contribution in [0.3, 0.4) is 0 Å². The van der Waals surface area contributed by atoms with Crippen molar-refractivity contribution in [3.63, 3.8) is 0 Å². The predicted octanol–water partition coefficient (Wildman–Crippen LogP) is 5.28. The number of hydrogen-bond donors (Lipinski definition) is 1. The van der Waals surface area contributed by atoms with Crippen LogP contribution >= 0.6 is 11.6 Å². The summed E-state index contributed by atoms with van der Waals surface area (Å²) in [7, 11) is 0. The van der Waals surface area contributed by atoms with Gasteiger partial charge in [-0.3, -0.25) is 10.2 Å². The molecule has 0 radical (unpaired) electrons. The molecule has 28 heavy (non-hydrogen) atoms. The number of hydrogen-bond acceptors (Lipinski definition) is 5. The average molecular weight is 406 g/mol. The van der Waals surface area contributed by atoms with Crippen LogP contribution in [0.2, 0.25) is 5.02 Å². The van der Waals surface area contributed by atoms with Crippen LogP contribution in [0, 0.1) is 0 Å². The molecule has 3 rings (SSSR count). The maximum Gasteiger partial charge on any atom is 0.410 e. The SMILES string of the molecule is CC(C)(C)OC(=O)N1Cc2ccc(Oc3cccc(Cl)c3)cc2CC1COO. The molecule has 1 amide bonds. The first kappa shape index (κ1) is 20.5. The lowest BCUT2D eigenvalue weighted by Crippen LogP contribution is -2.48. The van der Waals surface area contributed by atoms with Crippen molar-refractivity contribution in [2.45, 2.75) is 45.4 Å². The second kappa shape index (κ2) is 8.39. The average Bonchev–Trinajstić information content (AvgIpc) is 2.60. The van der Waals surface area contributed by atoms with Crippen molar-refractivity contribution in [2.75, 3.05) is 6.61 Å². The highest BCUT2D eigenvalue weighted by Gasteiger charge is 2.33. The van der Waals surface area contributed by atoms with Crippen molar-refractivity contribution in [2.24, 2.45) is 0 Å². The second-order valence-corrected chi connectivity index (χ2v) is 8.19. The van der Waals surface area contributed by atoms with Gasteiger partial charge in [0.15, 0.2) is 0 Å². The summed E-state index contributed by atoms with van der Waals surface area (Å²) in [6, 6.07) is 12.6. The van der Waals surface area contributed by atoms with Crippen LogP contribution in [-0.4, -0.2) is 34.5 Å². The molecule has 1 N–H and O–H groups in total.